The molecule has 90 valence electrons. The lowest BCUT2D eigenvalue weighted by Gasteiger charge is -2.37. The number of hydrogen-bond acceptors (Lipinski definition) is 4. The molecule has 0 aliphatic rings. The molecule has 4 heteroatoms. The molecular formula is C12H20N2O2. The highest BCUT2D eigenvalue weighted by atomic mass is 16.5. The van der Waals surface area contributed by atoms with E-state index >= 15 is 0 Å². The van der Waals surface area contributed by atoms with Crippen LogP contribution in [0.25, 0.3) is 0 Å². The van der Waals surface area contributed by atoms with Crippen LogP contribution in [0.4, 0.5) is 0 Å². The maximum Gasteiger partial charge on any atom is 0.137 e. The van der Waals surface area contributed by atoms with E-state index < -0.39 is 6.10 Å². The number of aromatic nitrogens is 1. The Bertz CT molecular complexity index is 351. The first-order valence-electron chi connectivity index (χ1n) is 5.24. The second-order valence-corrected chi connectivity index (χ2v) is 4.61. The van der Waals surface area contributed by atoms with Gasteiger partial charge >= 0.3 is 0 Å². The number of nitrogens with zero attached hydrogens (tertiary/aromatic N) is 2. The summed E-state index contributed by atoms with van der Waals surface area (Å²) >= 11 is 0. The van der Waals surface area contributed by atoms with Crippen molar-refractivity contribution < 1.29 is 9.84 Å². The van der Waals surface area contributed by atoms with Crippen LogP contribution in [-0.2, 0) is 0 Å². The van der Waals surface area contributed by atoms with E-state index in [0.717, 1.165) is 5.56 Å². The van der Waals surface area contributed by atoms with Crippen LogP contribution in [0.1, 0.15) is 25.5 Å². The molecule has 0 aliphatic heterocycles. The van der Waals surface area contributed by atoms with Crippen molar-refractivity contribution in [2.24, 2.45) is 0 Å². The summed E-state index contributed by atoms with van der Waals surface area (Å²) < 4.78 is 5.09. The number of hydrogen-bond donors (Lipinski definition) is 1. The summed E-state index contributed by atoms with van der Waals surface area (Å²) in [5, 5.41) is 10.3. The summed E-state index contributed by atoms with van der Waals surface area (Å²) in [7, 11) is 5.47. The molecule has 0 bridgehead atoms. The van der Waals surface area contributed by atoms with Gasteiger partial charge in [-0.2, -0.15) is 0 Å². The van der Waals surface area contributed by atoms with Crippen molar-refractivity contribution in [3.05, 3.63) is 24.0 Å². The summed E-state index contributed by atoms with van der Waals surface area (Å²) in [6.45, 7) is 3.97. The third kappa shape index (κ3) is 2.51. The maximum absolute atomic E-state index is 10.3. The van der Waals surface area contributed by atoms with Gasteiger partial charge in [0.1, 0.15) is 5.75 Å². The Morgan fingerprint density at radius 1 is 1.38 bits per heavy atom. The van der Waals surface area contributed by atoms with Crippen LogP contribution in [0.15, 0.2) is 18.5 Å². The Balaban J connectivity index is 2.99. The number of aliphatic hydroxyl groups is 1. The smallest absolute Gasteiger partial charge is 0.137 e. The minimum Gasteiger partial charge on any atom is -0.495 e. The van der Waals surface area contributed by atoms with Gasteiger partial charge in [0.05, 0.1) is 19.4 Å². The minimum absolute atomic E-state index is 0.353. The number of aliphatic hydroxyl groups excluding tert-OH is 1. The second kappa shape index (κ2) is 4.80. The molecule has 0 fully saturated rings. The van der Waals surface area contributed by atoms with Crippen molar-refractivity contribution >= 4 is 0 Å². The Labute approximate surface area is 96.9 Å². The minimum atomic E-state index is -0.606. The second-order valence-electron chi connectivity index (χ2n) is 4.61. The lowest BCUT2D eigenvalue weighted by atomic mass is 9.91. The van der Waals surface area contributed by atoms with Crippen molar-refractivity contribution in [1.29, 1.82) is 0 Å². The molecule has 0 radical (unpaired) electrons. The number of methoxy groups -OCH3 is 1. The Kier molecular flexibility index (Phi) is 3.88. The van der Waals surface area contributed by atoms with Gasteiger partial charge in [-0.3, -0.25) is 4.98 Å². The Morgan fingerprint density at radius 2 is 2.00 bits per heavy atom. The van der Waals surface area contributed by atoms with Gasteiger partial charge in [0, 0.05) is 17.3 Å². The van der Waals surface area contributed by atoms with Crippen LogP contribution in [0.5, 0.6) is 5.75 Å². The Morgan fingerprint density at radius 3 is 2.50 bits per heavy atom. The van der Waals surface area contributed by atoms with Crippen LogP contribution in [0.3, 0.4) is 0 Å². The molecule has 0 spiro atoms. The molecule has 1 atom stereocenters. The van der Waals surface area contributed by atoms with Crippen molar-refractivity contribution in [3.63, 3.8) is 0 Å². The fourth-order valence-corrected chi connectivity index (χ4v) is 1.35. The molecule has 1 N–H and O–H groups in total. The van der Waals surface area contributed by atoms with Crippen molar-refractivity contribution in [2.75, 3.05) is 21.2 Å². The SMILES string of the molecule is COc1cncc(C(O)C(C)(C)N(C)C)c1. The Hall–Kier alpha value is -1.13. The molecule has 1 aromatic heterocycles. The molecule has 0 amide bonds. The first-order chi connectivity index (χ1) is 7.39. The zero-order chi connectivity index (χ0) is 12.3. The van der Waals surface area contributed by atoms with E-state index in [4.69, 9.17) is 4.74 Å². The van der Waals surface area contributed by atoms with Crippen LogP contribution < -0.4 is 4.74 Å². The molecular weight excluding hydrogens is 204 g/mol. The van der Waals surface area contributed by atoms with Crippen molar-refractivity contribution in [3.8, 4) is 5.75 Å². The van der Waals surface area contributed by atoms with Gasteiger partial charge in [-0.25, -0.2) is 0 Å². The normalized spacial score (nSPS) is 13.9. The third-order valence-corrected chi connectivity index (χ3v) is 3.11. The largest absolute Gasteiger partial charge is 0.495 e. The average Bonchev–Trinajstić information content (AvgIpc) is 2.27. The van der Waals surface area contributed by atoms with E-state index in [1.54, 1.807) is 19.5 Å². The van der Waals surface area contributed by atoms with Gasteiger partial charge < -0.3 is 14.7 Å². The van der Waals surface area contributed by atoms with Crippen molar-refractivity contribution in [1.82, 2.24) is 9.88 Å². The van der Waals surface area contributed by atoms with E-state index in [2.05, 4.69) is 4.98 Å². The topological polar surface area (TPSA) is 45.6 Å². The third-order valence-electron chi connectivity index (χ3n) is 3.11. The van der Waals surface area contributed by atoms with Gasteiger partial charge in [0.15, 0.2) is 0 Å². The number of ether oxygens (including phenoxy) is 1. The predicted molar refractivity (Wildman–Crippen MR) is 63.5 cm³/mol. The van der Waals surface area contributed by atoms with Crippen LogP contribution in [-0.4, -0.2) is 41.7 Å². The highest BCUT2D eigenvalue weighted by Gasteiger charge is 2.31. The van der Waals surface area contributed by atoms with Crippen LogP contribution in [0.2, 0.25) is 0 Å². The molecule has 0 saturated carbocycles. The van der Waals surface area contributed by atoms with Crippen LogP contribution in [0, 0.1) is 0 Å². The molecule has 4 nitrogen and oxygen atoms in total. The maximum atomic E-state index is 10.3. The molecule has 16 heavy (non-hydrogen) atoms. The lowest BCUT2D eigenvalue weighted by molar-refractivity contribution is 0.0161. The van der Waals surface area contributed by atoms with E-state index in [1.807, 2.05) is 38.9 Å². The van der Waals surface area contributed by atoms with Gasteiger partial charge in [0.25, 0.3) is 0 Å². The number of pyridine rings is 1. The zero-order valence-corrected chi connectivity index (χ0v) is 10.6. The van der Waals surface area contributed by atoms with Gasteiger partial charge in [-0.05, 0) is 34.0 Å². The molecule has 0 aromatic carbocycles. The zero-order valence-electron chi connectivity index (χ0n) is 10.6. The summed E-state index contributed by atoms with van der Waals surface area (Å²) in [6.07, 6.45) is 2.68. The van der Waals surface area contributed by atoms with Gasteiger partial charge in [-0.1, -0.05) is 0 Å². The highest BCUT2D eigenvalue weighted by molar-refractivity contribution is 5.26. The molecule has 0 saturated heterocycles. The summed E-state index contributed by atoms with van der Waals surface area (Å²) in [6, 6.07) is 1.81. The standard InChI is InChI=1S/C12H20N2O2/c1-12(2,14(3)4)11(15)9-6-10(16-5)8-13-7-9/h6-8,11,15H,1-5H3. The molecule has 1 rings (SSSR count). The molecule has 0 aliphatic carbocycles. The van der Waals surface area contributed by atoms with E-state index in [1.165, 1.54) is 0 Å². The van der Waals surface area contributed by atoms with E-state index in [0.29, 0.717) is 5.75 Å². The van der Waals surface area contributed by atoms with E-state index in [-0.39, 0.29) is 5.54 Å². The lowest BCUT2D eigenvalue weighted by Crippen LogP contribution is -2.43. The highest BCUT2D eigenvalue weighted by Crippen LogP contribution is 2.30. The van der Waals surface area contributed by atoms with Gasteiger partial charge in [0.2, 0.25) is 0 Å². The number of likely N-dealkylation sites (N-methyl/N-ethyl adjacent to an activating group) is 1. The predicted octanol–water partition coefficient (Wildman–Crippen LogP) is 1.46. The fraction of sp³-hybridized carbons (Fsp3) is 0.583. The summed E-state index contributed by atoms with van der Waals surface area (Å²) in [5.41, 5.74) is 0.409. The summed E-state index contributed by atoms with van der Waals surface area (Å²) in [5.74, 6) is 0.658. The number of rotatable bonds is 4. The fourth-order valence-electron chi connectivity index (χ4n) is 1.35. The monoisotopic (exact) mass is 224 g/mol. The van der Waals surface area contributed by atoms with E-state index in [9.17, 15) is 5.11 Å². The molecule has 1 heterocycles. The quantitative estimate of drug-likeness (QED) is 0.841. The molecule has 1 aromatic rings. The molecule has 1 unspecified atom stereocenters. The van der Waals surface area contributed by atoms with Gasteiger partial charge in [-0.15, -0.1) is 0 Å². The van der Waals surface area contributed by atoms with Crippen LogP contribution >= 0.6 is 0 Å². The average molecular weight is 224 g/mol. The first-order valence-corrected chi connectivity index (χ1v) is 5.24. The van der Waals surface area contributed by atoms with Crippen molar-refractivity contribution in [2.45, 2.75) is 25.5 Å². The summed E-state index contributed by atoms with van der Waals surface area (Å²) in [4.78, 5) is 6.03. The first kappa shape index (κ1) is 12.9.